The summed E-state index contributed by atoms with van der Waals surface area (Å²) in [5.41, 5.74) is 5.16. The molecular weight excluding hydrogens is 438 g/mol. The van der Waals surface area contributed by atoms with Crippen LogP contribution in [0.2, 0.25) is 0 Å². The Morgan fingerprint density at radius 3 is 2.00 bits per heavy atom. The van der Waals surface area contributed by atoms with Crippen molar-refractivity contribution in [3.8, 4) is 11.1 Å². The molecular formula is C30H33NO4. The van der Waals surface area contributed by atoms with Gasteiger partial charge in [0.15, 0.2) is 6.10 Å². The van der Waals surface area contributed by atoms with Crippen LogP contribution in [0.5, 0.6) is 0 Å². The summed E-state index contributed by atoms with van der Waals surface area (Å²) in [6.07, 6.45) is -0.952. The van der Waals surface area contributed by atoms with E-state index in [9.17, 15) is 14.4 Å². The number of rotatable bonds is 9. The van der Waals surface area contributed by atoms with E-state index in [0.29, 0.717) is 17.0 Å². The van der Waals surface area contributed by atoms with Crippen LogP contribution in [0.3, 0.4) is 0 Å². The second-order valence-corrected chi connectivity index (χ2v) is 9.28. The molecule has 0 unspecified atom stereocenters. The van der Waals surface area contributed by atoms with Crippen molar-refractivity contribution in [2.75, 3.05) is 6.54 Å². The second kappa shape index (κ2) is 11.6. The lowest BCUT2D eigenvalue weighted by molar-refractivity contribution is -0.145. The molecule has 3 aromatic carbocycles. The van der Waals surface area contributed by atoms with E-state index in [1.807, 2.05) is 68.4 Å². The first kappa shape index (κ1) is 25.9. The lowest BCUT2D eigenvalue weighted by Gasteiger charge is -2.18. The van der Waals surface area contributed by atoms with Crippen molar-refractivity contribution in [2.24, 2.45) is 0 Å². The van der Waals surface area contributed by atoms with E-state index in [4.69, 9.17) is 4.74 Å². The molecule has 1 N–H and O–H groups in total. The third kappa shape index (κ3) is 6.66. The van der Waals surface area contributed by atoms with E-state index in [1.165, 1.54) is 0 Å². The molecule has 3 aromatic rings. The van der Waals surface area contributed by atoms with Gasteiger partial charge in [0.1, 0.15) is 6.54 Å². The van der Waals surface area contributed by atoms with Gasteiger partial charge >= 0.3 is 5.97 Å². The third-order valence-electron chi connectivity index (χ3n) is 5.95. The summed E-state index contributed by atoms with van der Waals surface area (Å²) in [6, 6.07) is 22.8. The van der Waals surface area contributed by atoms with E-state index in [2.05, 4.69) is 25.2 Å². The SMILES string of the molecule is CC(C)c1ccc(C(=O)[C@H](C)OC(=O)CNC(=O)c2ccc(-c3ccccc3)cc2)c(C(C)C)c1. The van der Waals surface area contributed by atoms with Gasteiger partial charge in [0.25, 0.3) is 5.91 Å². The lowest BCUT2D eigenvalue weighted by Crippen LogP contribution is -2.34. The lowest BCUT2D eigenvalue weighted by atomic mass is 9.89. The van der Waals surface area contributed by atoms with Crippen molar-refractivity contribution in [1.29, 1.82) is 0 Å². The molecule has 3 rings (SSSR count). The van der Waals surface area contributed by atoms with Crippen molar-refractivity contribution in [3.05, 3.63) is 95.1 Å². The van der Waals surface area contributed by atoms with Gasteiger partial charge in [-0.2, -0.15) is 0 Å². The number of Topliss-reactive ketones (excluding diaryl/α,β-unsaturated/α-hetero) is 1. The Balaban J connectivity index is 1.57. The van der Waals surface area contributed by atoms with Gasteiger partial charge in [-0.3, -0.25) is 14.4 Å². The second-order valence-electron chi connectivity index (χ2n) is 9.28. The fraction of sp³-hybridized carbons (Fsp3) is 0.300. The van der Waals surface area contributed by atoms with Gasteiger partial charge in [-0.25, -0.2) is 0 Å². The number of ether oxygens (including phenoxy) is 1. The first-order valence-corrected chi connectivity index (χ1v) is 12.0. The standard InChI is InChI=1S/C30H33NO4/c1-19(2)25-15-16-26(27(17-25)20(3)4)29(33)21(5)35-28(32)18-31-30(34)24-13-11-23(12-14-24)22-9-7-6-8-10-22/h6-17,19-21H,18H2,1-5H3,(H,31,34)/t21-/m0/s1. The molecule has 0 aromatic heterocycles. The van der Waals surface area contributed by atoms with Crippen LogP contribution in [0, 0.1) is 0 Å². The van der Waals surface area contributed by atoms with Gasteiger partial charge < -0.3 is 10.1 Å². The number of hydrogen-bond acceptors (Lipinski definition) is 4. The Bertz CT molecular complexity index is 1180. The van der Waals surface area contributed by atoms with Crippen molar-refractivity contribution in [1.82, 2.24) is 5.32 Å². The topological polar surface area (TPSA) is 72.5 Å². The van der Waals surface area contributed by atoms with Crippen LogP contribution in [-0.4, -0.2) is 30.3 Å². The van der Waals surface area contributed by atoms with E-state index >= 15 is 0 Å². The number of benzene rings is 3. The molecule has 0 aliphatic carbocycles. The Hall–Kier alpha value is -3.73. The summed E-state index contributed by atoms with van der Waals surface area (Å²) in [4.78, 5) is 37.8. The molecule has 1 amide bonds. The number of esters is 1. The van der Waals surface area contributed by atoms with Crippen LogP contribution in [0.15, 0.2) is 72.8 Å². The average Bonchev–Trinajstić information content (AvgIpc) is 2.86. The normalized spacial score (nSPS) is 11.9. The molecule has 35 heavy (non-hydrogen) atoms. The zero-order chi connectivity index (χ0) is 25.5. The Kier molecular flexibility index (Phi) is 8.58. The molecule has 0 aliphatic rings. The zero-order valence-corrected chi connectivity index (χ0v) is 21.0. The highest BCUT2D eigenvalue weighted by molar-refractivity contribution is 6.02. The maximum Gasteiger partial charge on any atom is 0.326 e. The highest BCUT2D eigenvalue weighted by atomic mass is 16.5. The molecule has 0 radical (unpaired) electrons. The van der Waals surface area contributed by atoms with Gasteiger partial charge in [0.2, 0.25) is 5.78 Å². The zero-order valence-electron chi connectivity index (χ0n) is 21.0. The summed E-state index contributed by atoms with van der Waals surface area (Å²) in [7, 11) is 0. The Morgan fingerprint density at radius 2 is 1.40 bits per heavy atom. The van der Waals surface area contributed by atoms with Crippen molar-refractivity contribution < 1.29 is 19.1 Å². The van der Waals surface area contributed by atoms with E-state index in [-0.39, 0.29) is 24.2 Å². The largest absolute Gasteiger partial charge is 0.453 e. The number of amides is 1. The van der Waals surface area contributed by atoms with Crippen molar-refractivity contribution in [3.63, 3.8) is 0 Å². The van der Waals surface area contributed by atoms with Gasteiger partial charge in [0, 0.05) is 11.1 Å². The quantitative estimate of drug-likeness (QED) is 0.300. The van der Waals surface area contributed by atoms with Crippen LogP contribution >= 0.6 is 0 Å². The van der Waals surface area contributed by atoms with Gasteiger partial charge in [-0.1, -0.05) is 88.4 Å². The maximum absolute atomic E-state index is 13.0. The van der Waals surface area contributed by atoms with Gasteiger partial charge in [-0.05, 0) is 53.1 Å². The summed E-state index contributed by atoms with van der Waals surface area (Å²) in [5.74, 6) is -0.787. The molecule has 0 fully saturated rings. The average molecular weight is 472 g/mol. The van der Waals surface area contributed by atoms with Crippen molar-refractivity contribution >= 4 is 17.7 Å². The smallest absolute Gasteiger partial charge is 0.326 e. The van der Waals surface area contributed by atoms with E-state index in [1.54, 1.807) is 19.1 Å². The number of carbonyl (C=O) groups excluding carboxylic acids is 3. The molecule has 0 heterocycles. The van der Waals surface area contributed by atoms with E-state index in [0.717, 1.165) is 22.3 Å². The Morgan fingerprint density at radius 1 is 0.771 bits per heavy atom. The minimum absolute atomic E-state index is 0.156. The first-order valence-electron chi connectivity index (χ1n) is 12.0. The van der Waals surface area contributed by atoms with Gasteiger partial charge in [-0.15, -0.1) is 0 Å². The predicted molar refractivity (Wildman–Crippen MR) is 139 cm³/mol. The molecule has 0 aliphatic heterocycles. The maximum atomic E-state index is 13.0. The highest BCUT2D eigenvalue weighted by Crippen LogP contribution is 2.26. The summed E-state index contributed by atoms with van der Waals surface area (Å²) in [5, 5.41) is 2.57. The first-order chi connectivity index (χ1) is 16.7. The van der Waals surface area contributed by atoms with Crippen LogP contribution in [0.4, 0.5) is 0 Å². The molecule has 0 bridgehead atoms. The molecule has 0 saturated heterocycles. The van der Waals surface area contributed by atoms with Crippen LogP contribution in [0.1, 0.15) is 78.3 Å². The number of nitrogens with one attached hydrogen (secondary N) is 1. The van der Waals surface area contributed by atoms with Crippen LogP contribution < -0.4 is 5.32 Å². The van der Waals surface area contributed by atoms with Crippen LogP contribution in [0.25, 0.3) is 11.1 Å². The molecule has 5 nitrogen and oxygen atoms in total. The minimum Gasteiger partial charge on any atom is -0.453 e. The molecule has 1 atom stereocenters. The summed E-state index contributed by atoms with van der Waals surface area (Å²) >= 11 is 0. The fourth-order valence-corrected chi connectivity index (χ4v) is 3.85. The molecule has 0 saturated carbocycles. The van der Waals surface area contributed by atoms with E-state index < -0.39 is 12.1 Å². The molecule has 5 heteroatoms. The van der Waals surface area contributed by atoms with Gasteiger partial charge in [0.05, 0.1) is 0 Å². The fourth-order valence-electron chi connectivity index (χ4n) is 3.85. The number of hydrogen-bond donors (Lipinski definition) is 1. The minimum atomic E-state index is -0.952. The van der Waals surface area contributed by atoms with Crippen molar-refractivity contribution in [2.45, 2.75) is 52.6 Å². The monoisotopic (exact) mass is 471 g/mol. The Labute approximate surface area is 207 Å². The molecule has 0 spiro atoms. The summed E-state index contributed by atoms with van der Waals surface area (Å²) in [6.45, 7) is 9.53. The highest BCUT2D eigenvalue weighted by Gasteiger charge is 2.23. The van der Waals surface area contributed by atoms with Crippen LogP contribution in [-0.2, 0) is 9.53 Å². The number of ketones is 1. The number of carbonyl (C=O) groups is 3. The predicted octanol–water partition coefficient (Wildman–Crippen LogP) is 6.14. The summed E-state index contributed by atoms with van der Waals surface area (Å²) < 4.78 is 5.34. The third-order valence-corrected chi connectivity index (χ3v) is 5.95. The molecule has 182 valence electrons.